The molecule has 0 radical (unpaired) electrons. The molecule has 3 aromatic rings. The Balaban J connectivity index is 1.78. The van der Waals surface area contributed by atoms with Crippen LogP contribution >= 0.6 is 23.1 Å². The zero-order valence-electron chi connectivity index (χ0n) is 18.5. The van der Waals surface area contributed by atoms with Gasteiger partial charge < -0.3 is 19.8 Å². The second kappa shape index (κ2) is 11.6. The van der Waals surface area contributed by atoms with E-state index in [-0.39, 0.29) is 33.7 Å². The highest BCUT2D eigenvalue weighted by molar-refractivity contribution is 7.99. The summed E-state index contributed by atoms with van der Waals surface area (Å²) in [4.78, 5) is 38.3. The first-order valence-corrected chi connectivity index (χ1v) is 12.1. The Morgan fingerprint density at radius 3 is 2.58 bits per heavy atom. The Bertz CT molecular complexity index is 1130. The van der Waals surface area contributed by atoms with E-state index in [2.05, 4.69) is 20.8 Å². The van der Waals surface area contributed by atoms with E-state index in [9.17, 15) is 14.4 Å². The third-order valence-corrected chi connectivity index (χ3v) is 6.36. The van der Waals surface area contributed by atoms with Gasteiger partial charge in [-0.3, -0.25) is 9.59 Å². The van der Waals surface area contributed by atoms with Gasteiger partial charge in [0, 0.05) is 12.1 Å². The standard InChI is InChI=1S/C22H24N4O5S2/c1-4-9-16-25-26-22(31-16)32-12-15(27)24-20-17(13(3)18(33-20)21(29)30-5-2)19(28)23-14-10-7-6-8-11-14/h6-8,10-11H,4-5,9,12H2,1-3H3,(H,23,28)(H,24,27). The highest BCUT2D eigenvalue weighted by Crippen LogP contribution is 2.34. The molecule has 0 unspecified atom stereocenters. The third-order valence-electron chi connectivity index (χ3n) is 4.36. The van der Waals surface area contributed by atoms with Crippen LogP contribution in [0.3, 0.4) is 0 Å². The SMILES string of the molecule is CCCc1nnc(SCC(=O)Nc2sc(C(=O)OCC)c(C)c2C(=O)Nc2ccccc2)o1. The lowest BCUT2D eigenvalue weighted by Crippen LogP contribution is -2.18. The molecule has 0 saturated carbocycles. The van der Waals surface area contributed by atoms with Gasteiger partial charge in [0.25, 0.3) is 11.1 Å². The summed E-state index contributed by atoms with van der Waals surface area (Å²) in [5.41, 5.74) is 1.25. The Morgan fingerprint density at radius 1 is 1.12 bits per heavy atom. The molecule has 3 rings (SSSR count). The van der Waals surface area contributed by atoms with Gasteiger partial charge >= 0.3 is 5.97 Å². The molecule has 0 aliphatic rings. The molecule has 0 aliphatic carbocycles. The van der Waals surface area contributed by atoms with E-state index in [0.29, 0.717) is 28.8 Å². The number of anilines is 2. The third kappa shape index (κ3) is 6.42. The maximum atomic E-state index is 13.0. The number of para-hydroxylation sites is 1. The zero-order chi connectivity index (χ0) is 23.8. The Labute approximate surface area is 199 Å². The van der Waals surface area contributed by atoms with E-state index in [4.69, 9.17) is 9.15 Å². The van der Waals surface area contributed by atoms with Crippen molar-refractivity contribution in [1.82, 2.24) is 10.2 Å². The molecule has 2 N–H and O–H groups in total. The van der Waals surface area contributed by atoms with Crippen LogP contribution in [-0.2, 0) is 16.0 Å². The van der Waals surface area contributed by atoms with Crippen molar-refractivity contribution in [2.45, 2.75) is 38.8 Å². The number of nitrogens with one attached hydrogen (secondary N) is 2. The van der Waals surface area contributed by atoms with Crippen LogP contribution in [0.5, 0.6) is 0 Å². The van der Waals surface area contributed by atoms with Crippen molar-refractivity contribution in [3.05, 3.63) is 52.2 Å². The molecule has 9 nitrogen and oxygen atoms in total. The lowest BCUT2D eigenvalue weighted by molar-refractivity contribution is -0.113. The number of rotatable bonds is 10. The van der Waals surface area contributed by atoms with Gasteiger partial charge in [0.1, 0.15) is 9.88 Å². The van der Waals surface area contributed by atoms with Crippen molar-refractivity contribution in [1.29, 1.82) is 0 Å². The number of nitrogens with zero attached hydrogens (tertiary/aromatic N) is 2. The van der Waals surface area contributed by atoms with Gasteiger partial charge in [-0.2, -0.15) is 0 Å². The van der Waals surface area contributed by atoms with Gasteiger partial charge in [0.15, 0.2) is 0 Å². The van der Waals surface area contributed by atoms with Gasteiger partial charge in [-0.15, -0.1) is 21.5 Å². The molecule has 0 spiro atoms. The van der Waals surface area contributed by atoms with Gasteiger partial charge in [-0.05, 0) is 38.0 Å². The minimum absolute atomic E-state index is 0.000804. The number of esters is 1. The van der Waals surface area contributed by atoms with Crippen molar-refractivity contribution in [2.24, 2.45) is 0 Å². The van der Waals surface area contributed by atoms with Crippen molar-refractivity contribution < 1.29 is 23.5 Å². The summed E-state index contributed by atoms with van der Waals surface area (Å²) in [7, 11) is 0. The van der Waals surface area contributed by atoms with Crippen LogP contribution in [0.1, 0.15) is 51.8 Å². The number of amides is 2. The van der Waals surface area contributed by atoms with Crippen LogP contribution < -0.4 is 10.6 Å². The smallest absolute Gasteiger partial charge is 0.348 e. The maximum absolute atomic E-state index is 13.0. The second-order valence-electron chi connectivity index (χ2n) is 6.85. The number of hydrogen-bond donors (Lipinski definition) is 2. The summed E-state index contributed by atoms with van der Waals surface area (Å²) in [6.45, 7) is 5.56. The quantitative estimate of drug-likeness (QED) is 0.315. The Hall–Kier alpha value is -3.18. The lowest BCUT2D eigenvalue weighted by Gasteiger charge is -2.08. The number of hydrogen-bond acceptors (Lipinski definition) is 9. The largest absolute Gasteiger partial charge is 0.462 e. The monoisotopic (exact) mass is 488 g/mol. The summed E-state index contributed by atoms with van der Waals surface area (Å²) in [6.07, 6.45) is 1.55. The van der Waals surface area contributed by atoms with Gasteiger partial charge in [-0.25, -0.2) is 4.79 Å². The topological polar surface area (TPSA) is 123 Å². The second-order valence-corrected chi connectivity index (χ2v) is 8.80. The number of benzene rings is 1. The molecule has 0 saturated heterocycles. The summed E-state index contributed by atoms with van der Waals surface area (Å²) >= 11 is 2.10. The van der Waals surface area contributed by atoms with E-state index >= 15 is 0 Å². The number of carbonyl (C=O) groups is 3. The first-order valence-electron chi connectivity index (χ1n) is 10.3. The van der Waals surface area contributed by atoms with Crippen molar-refractivity contribution in [2.75, 3.05) is 23.0 Å². The van der Waals surface area contributed by atoms with Gasteiger partial charge in [0.2, 0.25) is 11.8 Å². The summed E-state index contributed by atoms with van der Waals surface area (Å²) in [5, 5.41) is 13.9. The first-order chi connectivity index (χ1) is 15.9. The van der Waals surface area contributed by atoms with Crippen LogP contribution in [0, 0.1) is 6.92 Å². The fraction of sp³-hybridized carbons (Fsp3) is 0.318. The Morgan fingerprint density at radius 2 is 1.88 bits per heavy atom. The summed E-state index contributed by atoms with van der Waals surface area (Å²) in [6, 6.07) is 8.92. The zero-order valence-corrected chi connectivity index (χ0v) is 20.1. The highest BCUT2D eigenvalue weighted by atomic mass is 32.2. The molecule has 2 heterocycles. The van der Waals surface area contributed by atoms with E-state index in [1.54, 1.807) is 38.1 Å². The number of carbonyl (C=O) groups excluding carboxylic acids is 3. The Kier molecular flexibility index (Phi) is 8.61. The van der Waals surface area contributed by atoms with E-state index < -0.39 is 11.9 Å². The lowest BCUT2D eigenvalue weighted by atomic mass is 10.1. The van der Waals surface area contributed by atoms with Crippen LogP contribution in [0.25, 0.3) is 0 Å². The van der Waals surface area contributed by atoms with Crippen molar-refractivity contribution in [3.63, 3.8) is 0 Å². The molecule has 174 valence electrons. The minimum Gasteiger partial charge on any atom is -0.462 e. The molecule has 11 heteroatoms. The van der Waals surface area contributed by atoms with E-state index in [1.807, 2.05) is 13.0 Å². The summed E-state index contributed by atoms with van der Waals surface area (Å²) in [5.74, 6) is -0.833. The molecular weight excluding hydrogens is 464 g/mol. The number of aryl methyl sites for hydroxylation is 1. The van der Waals surface area contributed by atoms with Crippen molar-refractivity contribution >= 4 is 51.6 Å². The normalized spacial score (nSPS) is 10.6. The average Bonchev–Trinajstić information content (AvgIpc) is 3.37. The molecule has 0 aliphatic heterocycles. The minimum atomic E-state index is -0.544. The van der Waals surface area contributed by atoms with E-state index in [0.717, 1.165) is 29.5 Å². The number of ether oxygens (including phenoxy) is 1. The molecule has 0 fully saturated rings. The van der Waals surface area contributed by atoms with Gasteiger partial charge in [-0.1, -0.05) is 36.9 Å². The van der Waals surface area contributed by atoms with Crippen LogP contribution in [0.15, 0.2) is 40.0 Å². The van der Waals surface area contributed by atoms with Crippen molar-refractivity contribution in [3.8, 4) is 0 Å². The molecule has 0 atom stereocenters. The van der Waals surface area contributed by atoms with Crippen LogP contribution in [-0.4, -0.2) is 40.3 Å². The highest BCUT2D eigenvalue weighted by Gasteiger charge is 2.26. The summed E-state index contributed by atoms with van der Waals surface area (Å²) < 4.78 is 10.6. The fourth-order valence-corrected chi connectivity index (χ4v) is 4.58. The van der Waals surface area contributed by atoms with Gasteiger partial charge in [0.05, 0.1) is 17.9 Å². The molecule has 1 aromatic carbocycles. The fourth-order valence-electron chi connectivity index (χ4n) is 2.88. The van der Waals surface area contributed by atoms with Crippen LogP contribution in [0.2, 0.25) is 0 Å². The average molecular weight is 489 g/mol. The molecule has 0 bridgehead atoms. The number of thioether (sulfide) groups is 1. The number of thiophene rings is 1. The van der Waals surface area contributed by atoms with Crippen LogP contribution in [0.4, 0.5) is 10.7 Å². The maximum Gasteiger partial charge on any atom is 0.348 e. The first kappa shape index (κ1) is 24.5. The molecule has 33 heavy (non-hydrogen) atoms. The number of aromatic nitrogens is 2. The molecule has 2 aromatic heterocycles. The molecular formula is C22H24N4O5S2. The predicted octanol–water partition coefficient (Wildman–Crippen LogP) is 4.55. The van der Waals surface area contributed by atoms with E-state index in [1.165, 1.54) is 0 Å². The predicted molar refractivity (Wildman–Crippen MR) is 127 cm³/mol. The molecule has 2 amide bonds.